The lowest BCUT2D eigenvalue weighted by Crippen LogP contribution is -2.38. The van der Waals surface area contributed by atoms with Crippen molar-refractivity contribution >= 4 is 5.96 Å². The largest absolute Gasteiger partial charge is 0.356 e. The summed E-state index contributed by atoms with van der Waals surface area (Å²) in [6, 6.07) is 5.98. The van der Waals surface area contributed by atoms with Gasteiger partial charge < -0.3 is 15.2 Å². The summed E-state index contributed by atoms with van der Waals surface area (Å²) >= 11 is 0. The van der Waals surface area contributed by atoms with Crippen LogP contribution in [-0.2, 0) is 13.0 Å². The first-order chi connectivity index (χ1) is 11.3. The maximum Gasteiger partial charge on any atom is 0.190 e. The van der Waals surface area contributed by atoms with Gasteiger partial charge in [0, 0.05) is 57.4 Å². The molecular formula is C17H26N6. The van der Waals surface area contributed by atoms with Gasteiger partial charge in [0.25, 0.3) is 0 Å². The summed E-state index contributed by atoms with van der Waals surface area (Å²) in [5.41, 5.74) is 1.09. The number of rotatable bonds is 8. The Morgan fingerprint density at radius 3 is 2.70 bits per heavy atom. The Hall–Kier alpha value is -2.37. The molecule has 23 heavy (non-hydrogen) atoms. The van der Waals surface area contributed by atoms with Crippen LogP contribution in [0.1, 0.15) is 24.4 Å². The molecule has 0 aliphatic rings. The van der Waals surface area contributed by atoms with Gasteiger partial charge in [-0.25, -0.2) is 4.98 Å². The minimum Gasteiger partial charge on any atom is -0.356 e. The average molecular weight is 314 g/mol. The van der Waals surface area contributed by atoms with Crippen molar-refractivity contribution in [3.8, 4) is 0 Å². The van der Waals surface area contributed by atoms with Crippen LogP contribution in [0.5, 0.6) is 0 Å². The molecule has 2 heterocycles. The molecule has 2 aromatic heterocycles. The smallest absolute Gasteiger partial charge is 0.190 e. The zero-order chi connectivity index (χ0) is 16.3. The van der Waals surface area contributed by atoms with E-state index in [2.05, 4.69) is 30.2 Å². The molecule has 0 saturated carbocycles. The van der Waals surface area contributed by atoms with Gasteiger partial charge in [0.15, 0.2) is 5.96 Å². The summed E-state index contributed by atoms with van der Waals surface area (Å²) < 4.78 is 2.18. The summed E-state index contributed by atoms with van der Waals surface area (Å²) in [7, 11) is 1.80. The molecule has 0 atom stereocenters. The molecule has 2 N–H and O–H groups in total. The highest BCUT2D eigenvalue weighted by atomic mass is 15.2. The van der Waals surface area contributed by atoms with Gasteiger partial charge in [0.2, 0.25) is 0 Å². The van der Waals surface area contributed by atoms with Crippen LogP contribution in [0.2, 0.25) is 0 Å². The number of guanidine groups is 1. The number of unbranched alkanes of at least 4 members (excludes halogenated alkanes) is 1. The van der Waals surface area contributed by atoms with E-state index in [1.54, 1.807) is 7.05 Å². The molecule has 0 radical (unpaired) electrons. The molecule has 2 rings (SSSR count). The van der Waals surface area contributed by atoms with Crippen LogP contribution in [0, 0.1) is 6.92 Å². The molecule has 124 valence electrons. The second-order valence-corrected chi connectivity index (χ2v) is 5.37. The summed E-state index contributed by atoms with van der Waals surface area (Å²) in [5.74, 6) is 1.92. The van der Waals surface area contributed by atoms with Crippen molar-refractivity contribution in [1.29, 1.82) is 0 Å². The first-order valence-corrected chi connectivity index (χ1v) is 8.12. The first kappa shape index (κ1) is 17.0. The van der Waals surface area contributed by atoms with Crippen LogP contribution in [0.25, 0.3) is 0 Å². The van der Waals surface area contributed by atoms with Crippen LogP contribution in [0.4, 0.5) is 0 Å². The van der Waals surface area contributed by atoms with E-state index in [-0.39, 0.29) is 0 Å². The van der Waals surface area contributed by atoms with Crippen molar-refractivity contribution in [3.05, 3.63) is 48.3 Å². The highest BCUT2D eigenvalue weighted by molar-refractivity contribution is 5.79. The van der Waals surface area contributed by atoms with E-state index in [9.17, 15) is 0 Å². The van der Waals surface area contributed by atoms with Crippen molar-refractivity contribution in [2.24, 2.45) is 4.99 Å². The minimum atomic E-state index is 0.824. The first-order valence-electron chi connectivity index (χ1n) is 8.12. The molecule has 0 aliphatic carbocycles. The Bertz CT molecular complexity index is 590. The van der Waals surface area contributed by atoms with Crippen LogP contribution < -0.4 is 10.6 Å². The summed E-state index contributed by atoms with van der Waals surface area (Å²) in [5, 5.41) is 6.66. The van der Waals surface area contributed by atoms with Crippen LogP contribution in [0.15, 0.2) is 41.8 Å². The Labute approximate surface area is 138 Å². The second-order valence-electron chi connectivity index (χ2n) is 5.37. The standard InChI is InChI=1S/C17H26N6/c1-15-19-12-14-23(15)13-6-5-10-21-17(18-2)22-11-8-16-7-3-4-9-20-16/h3-4,7,9,12,14H,5-6,8,10-11,13H2,1-2H3,(H2,18,21,22). The fraction of sp³-hybridized carbons (Fsp3) is 0.471. The van der Waals surface area contributed by atoms with Gasteiger partial charge in [-0.05, 0) is 31.9 Å². The number of aliphatic imine (C=N–C) groups is 1. The zero-order valence-corrected chi connectivity index (χ0v) is 14.0. The number of pyridine rings is 1. The van der Waals surface area contributed by atoms with E-state index in [0.717, 1.165) is 56.4 Å². The third-order valence-electron chi connectivity index (χ3n) is 3.67. The minimum absolute atomic E-state index is 0.824. The summed E-state index contributed by atoms with van der Waals surface area (Å²) in [6.07, 6.45) is 8.81. The van der Waals surface area contributed by atoms with Gasteiger partial charge >= 0.3 is 0 Å². The maximum absolute atomic E-state index is 4.31. The average Bonchev–Trinajstić information content (AvgIpc) is 2.99. The van der Waals surface area contributed by atoms with Crippen molar-refractivity contribution in [2.75, 3.05) is 20.1 Å². The van der Waals surface area contributed by atoms with Gasteiger partial charge in [-0.15, -0.1) is 0 Å². The normalized spacial score (nSPS) is 11.5. The van der Waals surface area contributed by atoms with E-state index >= 15 is 0 Å². The summed E-state index contributed by atoms with van der Waals surface area (Å²) in [4.78, 5) is 12.8. The number of hydrogen-bond donors (Lipinski definition) is 2. The highest BCUT2D eigenvalue weighted by Crippen LogP contribution is 1.99. The van der Waals surface area contributed by atoms with E-state index in [0.29, 0.717) is 0 Å². The van der Waals surface area contributed by atoms with Gasteiger partial charge in [-0.1, -0.05) is 6.07 Å². The lowest BCUT2D eigenvalue weighted by Gasteiger charge is -2.12. The second kappa shape index (κ2) is 9.61. The lowest BCUT2D eigenvalue weighted by atomic mass is 10.3. The maximum atomic E-state index is 4.31. The van der Waals surface area contributed by atoms with Crippen LogP contribution >= 0.6 is 0 Å². The highest BCUT2D eigenvalue weighted by Gasteiger charge is 1.99. The summed E-state index contributed by atoms with van der Waals surface area (Å²) in [6.45, 7) is 4.78. The molecule has 0 unspecified atom stereocenters. The Morgan fingerprint density at radius 1 is 1.13 bits per heavy atom. The fourth-order valence-corrected chi connectivity index (χ4v) is 2.33. The Morgan fingerprint density at radius 2 is 2.00 bits per heavy atom. The molecule has 2 aromatic rings. The molecule has 6 nitrogen and oxygen atoms in total. The zero-order valence-electron chi connectivity index (χ0n) is 14.0. The number of aryl methyl sites for hydroxylation is 2. The van der Waals surface area contributed by atoms with Gasteiger partial charge in [0.1, 0.15) is 5.82 Å². The SMILES string of the molecule is CN=C(NCCCCn1ccnc1C)NCCc1ccccn1. The van der Waals surface area contributed by atoms with E-state index in [1.165, 1.54) is 0 Å². The lowest BCUT2D eigenvalue weighted by molar-refractivity contribution is 0.588. The van der Waals surface area contributed by atoms with Crippen LogP contribution in [-0.4, -0.2) is 40.6 Å². The van der Waals surface area contributed by atoms with Crippen molar-refractivity contribution in [3.63, 3.8) is 0 Å². The van der Waals surface area contributed by atoms with Gasteiger partial charge in [0.05, 0.1) is 0 Å². The Balaban J connectivity index is 1.57. The number of nitrogens with zero attached hydrogens (tertiary/aromatic N) is 4. The van der Waals surface area contributed by atoms with E-state index in [1.807, 2.05) is 43.7 Å². The molecule has 6 heteroatoms. The molecule has 0 amide bonds. The van der Waals surface area contributed by atoms with E-state index < -0.39 is 0 Å². The van der Waals surface area contributed by atoms with Crippen LogP contribution in [0.3, 0.4) is 0 Å². The van der Waals surface area contributed by atoms with Gasteiger partial charge in [-0.3, -0.25) is 9.98 Å². The molecule has 0 spiro atoms. The van der Waals surface area contributed by atoms with Gasteiger partial charge in [-0.2, -0.15) is 0 Å². The Kier molecular flexibility index (Phi) is 7.10. The van der Waals surface area contributed by atoms with Crippen molar-refractivity contribution in [2.45, 2.75) is 32.7 Å². The molecule has 0 saturated heterocycles. The fourth-order valence-electron chi connectivity index (χ4n) is 2.33. The molecule has 0 aromatic carbocycles. The molecular weight excluding hydrogens is 288 g/mol. The third-order valence-corrected chi connectivity index (χ3v) is 3.67. The number of nitrogens with one attached hydrogen (secondary N) is 2. The van der Waals surface area contributed by atoms with Crippen molar-refractivity contribution < 1.29 is 0 Å². The monoisotopic (exact) mass is 314 g/mol. The van der Waals surface area contributed by atoms with E-state index in [4.69, 9.17) is 0 Å². The number of aromatic nitrogens is 3. The quantitative estimate of drug-likeness (QED) is 0.443. The predicted octanol–water partition coefficient (Wildman–Crippen LogP) is 1.77. The molecule has 0 bridgehead atoms. The topological polar surface area (TPSA) is 67.1 Å². The molecule has 0 aliphatic heterocycles. The predicted molar refractivity (Wildman–Crippen MR) is 93.5 cm³/mol. The van der Waals surface area contributed by atoms with Crippen molar-refractivity contribution in [1.82, 2.24) is 25.2 Å². The number of hydrogen-bond acceptors (Lipinski definition) is 3. The third kappa shape index (κ3) is 6.10. The molecule has 0 fully saturated rings. The number of imidazole rings is 1.